The molecule has 1 aliphatic heterocycles. The molecule has 5 nitrogen and oxygen atoms in total. The molecule has 1 aliphatic rings. The van der Waals surface area contributed by atoms with Crippen molar-refractivity contribution in [2.75, 3.05) is 51.7 Å². The summed E-state index contributed by atoms with van der Waals surface area (Å²) in [7, 11) is 4.05. The molecule has 1 fully saturated rings. The molecule has 0 aliphatic carbocycles. The highest BCUT2D eigenvalue weighted by molar-refractivity contribution is 7.10. The molecule has 0 saturated carbocycles. The van der Waals surface area contributed by atoms with Crippen molar-refractivity contribution in [3.8, 4) is 0 Å². The van der Waals surface area contributed by atoms with Crippen LogP contribution in [0.25, 0.3) is 0 Å². The summed E-state index contributed by atoms with van der Waals surface area (Å²) in [6.07, 6.45) is 0. The molecule has 7 heteroatoms. The Bertz CT molecular complexity index is 697. The van der Waals surface area contributed by atoms with Crippen LogP contribution in [0.1, 0.15) is 10.9 Å². The number of rotatable bonds is 5. The average molecular weight is 377 g/mol. The lowest BCUT2D eigenvalue weighted by Crippen LogP contribution is -2.52. The Morgan fingerprint density at radius 3 is 2.46 bits per heavy atom. The van der Waals surface area contributed by atoms with Gasteiger partial charge in [-0.2, -0.15) is 0 Å². The average Bonchev–Trinajstić information content (AvgIpc) is 3.16. The summed E-state index contributed by atoms with van der Waals surface area (Å²) in [6.45, 7) is 3.41. The van der Waals surface area contributed by atoms with Crippen molar-refractivity contribution < 1.29 is 9.18 Å². The van der Waals surface area contributed by atoms with Crippen LogP contribution >= 0.6 is 11.3 Å². The molecule has 1 aromatic heterocycles. The van der Waals surface area contributed by atoms with Gasteiger partial charge in [0.1, 0.15) is 5.82 Å². The van der Waals surface area contributed by atoms with Crippen molar-refractivity contribution in [2.45, 2.75) is 6.04 Å². The van der Waals surface area contributed by atoms with Gasteiger partial charge in [-0.1, -0.05) is 6.07 Å². The molecule has 3 rings (SSSR count). The molecular formula is C19H25FN4OS. The number of thiophene rings is 1. The summed E-state index contributed by atoms with van der Waals surface area (Å²) in [6, 6.07) is 10.8. The van der Waals surface area contributed by atoms with Crippen molar-refractivity contribution in [1.82, 2.24) is 15.1 Å². The van der Waals surface area contributed by atoms with Crippen LogP contribution in [0.3, 0.4) is 0 Å². The molecular weight excluding hydrogens is 351 g/mol. The number of hydrogen-bond donors (Lipinski definition) is 1. The highest BCUT2D eigenvalue weighted by atomic mass is 32.1. The van der Waals surface area contributed by atoms with E-state index in [0.29, 0.717) is 19.6 Å². The Morgan fingerprint density at radius 1 is 1.19 bits per heavy atom. The lowest BCUT2D eigenvalue weighted by molar-refractivity contribution is 0.189. The van der Waals surface area contributed by atoms with Crippen molar-refractivity contribution >= 4 is 23.1 Å². The van der Waals surface area contributed by atoms with Gasteiger partial charge < -0.3 is 20.0 Å². The van der Waals surface area contributed by atoms with Crippen LogP contribution in [-0.2, 0) is 0 Å². The van der Waals surface area contributed by atoms with Gasteiger partial charge in [-0.05, 0) is 49.8 Å². The number of anilines is 1. The van der Waals surface area contributed by atoms with E-state index in [2.05, 4.69) is 26.6 Å². The first-order valence-corrected chi connectivity index (χ1v) is 9.65. The molecule has 1 saturated heterocycles. The second-order valence-electron chi connectivity index (χ2n) is 6.63. The number of urea groups is 1. The monoisotopic (exact) mass is 376 g/mol. The largest absolute Gasteiger partial charge is 0.368 e. The minimum absolute atomic E-state index is 0.0211. The van der Waals surface area contributed by atoms with Gasteiger partial charge in [0.05, 0.1) is 6.04 Å². The van der Waals surface area contributed by atoms with E-state index in [-0.39, 0.29) is 17.9 Å². The maximum atomic E-state index is 13.0. The van der Waals surface area contributed by atoms with Gasteiger partial charge in [-0.15, -0.1) is 11.3 Å². The third-order valence-electron chi connectivity index (χ3n) is 4.70. The molecule has 0 bridgehead atoms. The zero-order valence-corrected chi connectivity index (χ0v) is 16.0. The fourth-order valence-electron chi connectivity index (χ4n) is 3.13. The van der Waals surface area contributed by atoms with Crippen LogP contribution in [0.5, 0.6) is 0 Å². The Kier molecular flexibility index (Phi) is 6.11. The zero-order valence-electron chi connectivity index (χ0n) is 15.2. The van der Waals surface area contributed by atoms with E-state index in [4.69, 9.17) is 0 Å². The van der Waals surface area contributed by atoms with E-state index in [9.17, 15) is 9.18 Å². The van der Waals surface area contributed by atoms with E-state index >= 15 is 0 Å². The number of amides is 2. The van der Waals surface area contributed by atoms with Gasteiger partial charge >= 0.3 is 6.03 Å². The Hall–Kier alpha value is -2.12. The Morgan fingerprint density at radius 2 is 1.88 bits per heavy atom. The molecule has 2 amide bonds. The van der Waals surface area contributed by atoms with Gasteiger partial charge in [-0.25, -0.2) is 9.18 Å². The van der Waals surface area contributed by atoms with Crippen LogP contribution < -0.4 is 10.2 Å². The molecule has 1 aromatic carbocycles. The standard InChI is InChI=1S/C19H25FN4OS/c1-22(2)17(18-4-3-13-26-18)14-21-19(25)24-11-9-23(10-12-24)16-7-5-15(20)6-8-16/h3-8,13,17H,9-12,14H2,1-2H3,(H,21,25). The summed E-state index contributed by atoms with van der Waals surface area (Å²) in [5.41, 5.74) is 0.997. The topological polar surface area (TPSA) is 38.8 Å². The first kappa shape index (κ1) is 18.7. The molecule has 140 valence electrons. The fraction of sp³-hybridized carbons (Fsp3) is 0.421. The molecule has 1 atom stereocenters. The van der Waals surface area contributed by atoms with Crippen LogP contribution in [-0.4, -0.2) is 62.7 Å². The first-order chi connectivity index (χ1) is 12.5. The highest BCUT2D eigenvalue weighted by Gasteiger charge is 2.23. The molecule has 2 heterocycles. The molecule has 1 N–H and O–H groups in total. The van der Waals surface area contributed by atoms with Crippen molar-refractivity contribution in [1.29, 1.82) is 0 Å². The summed E-state index contributed by atoms with van der Waals surface area (Å²) < 4.78 is 13.0. The molecule has 26 heavy (non-hydrogen) atoms. The van der Waals surface area contributed by atoms with Gasteiger partial charge in [0, 0.05) is 43.3 Å². The minimum atomic E-state index is -0.229. The molecule has 0 spiro atoms. The molecule has 0 radical (unpaired) electrons. The van der Waals surface area contributed by atoms with Gasteiger partial charge in [0.15, 0.2) is 0 Å². The van der Waals surface area contributed by atoms with Crippen molar-refractivity contribution in [3.05, 3.63) is 52.5 Å². The molecule has 2 aromatic rings. The lowest BCUT2D eigenvalue weighted by atomic mass is 10.2. The third-order valence-corrected chi connectivity index (χ3v) is 5.67. The number of halogens is 1. The van der Waals surface area contributed by atoms with E-state index in [1.807, 2.05) is 25.1 Å². The van der Waals surface area contributed by atoms with Crippen molar-refractivity contribution in [3.63, 3.8) is 0 Å². The summed E-state index contributed by atoms with van der Waals surface area (Å²) in [4.78, 5) is 19.9. The fourth-order valence-corrected chi connectivity index (χ4v) is 4.06. The first-order valence-electron chi connectivity index (χ1n) is 8.77. The predicted molar refractivity (Wildman–Crippen MR) is 104 cm³/mol. The maximum absolute atomic E-state index is 13.0. The second kappa shape index (κ2) is 8.51. The van der Waals surface area contributed by atoms with Gasteiger partial charge in [0.2, 0.25) is 0 Å². The number of nitrogens with one attached hydrogen (secondary N) is 1. The number of likely N-dealkylation sites (N-methyl/N-ethyl adjacent to an activating group) is 1. The lowest BCUT2D eigenvalue weighted by Gasteiger charge is -2.36. The predicted octanol–water partition coefficient (Wildman–Crippen LogP) is 3.02. The summed E-state index contributed by atoms with van der Waals surface area (Å²) in [5, 5.41) is 5.13. The Balaban J connectivity index is 1.49. The van der Waals surface area contributed by atoms with E-state index < -0.39 is 0 Å². The van der Waals surface area contributed by atoms with Crippen LogP contribution in [0.15, 0.2) is 41.8 Å². The number of piperazine rings is 1. The Labute approximate surface area is 158 Å². The van der Waals surface area contributed by atoms with Gasteiger partial charge in [0.25, 0.3) is 0 Å². The minimum Gasteiger partial charge on any atom is -0.368 e. The van der Waals surface area contributed by atoms with Crippen molar-refractivity contribution in [2.24, 2.45) is 0 Å². The smallest absolute Gasteiger partial charge is 0.317 e. The quantitative estimate of drug-likeness (QED) is 0.872. The highest BCUT2D eigenvalue weighted by Crippen LogP contribution is 2.22. The number of carbonyl (C=O) groups is 1. The third kappa shape index (κ3) is 4.53. The molecule has 1 unspecified atom stereocenters. The van der Waals surface area contributed by atoms with Crippen LogP contribution in [0.4, 0.5) is 14.9 Å². The normalized spacial score (nSPS) is 16.0. The number of nitrogens with zero attached hydrogens (tertiary/aromatic N) is 3. The van der Waals surface area contributed by atoms with Crippen LogP contribution in [0, 0.1) is 5.82 Å². The van der Waals surface area contributed by atoms with E-state index in [0.717, 1.165) is 18.8 Å². The maximum Gasteiger partial charge on any atom is 0.317 e. The number of hydrogen-bond acceptors (Lipinski definition) is 4. The SMILES string of the molecule is CN(C)C(CNC(=O)N1CCN(c2ccc(F)cc2)CC1)c1cccs1. The second-order valence-corrected chi connectivity index (χ2v) is 7.61. The number of carbonyl (C=O) groups excluding carboxylic acids is 1. The zero-order chi connectivity index (χ0) is 18.5. The van der Waals surface area contributed by atoms with E-state index in [1.165, 1.54) is 17.0 Å². The van der Waals surface area contributed by atoms with E-state index in [1.54, 1.807) is 23.5 Å². The van der Waals surface area contributed by atoms with Gasteiger partial charge in [-0.3, -0.25) is 0 Å². The summed E-state index contributed by atoms with van der Waals surface area (Å²) in [5.74, 6) is -0.229. The summed E-state index contributed by atoms with van der Waals surface area (Å²) >= 11 is 1.71. The number of benzene rings is 1. The van der Waals surface area contributed by atoms with Crippen LogP contribution in [0.2, 0.25) is 0 Å².